The highest BCUT2D eigenvalue weighted by Gasteiger charge is 2.21. The zero-order valence-electron chi connectivity index (χ0n) is 6.87. The van der Waals surface area contributed by atoms with Crippen LogP contribution in [0.3, 0.4) is 0 Å². The minimum Gasteiger partial charge on any atom is -0.478 e. The van der Waals surface area contributed by atoms with Crippen molar-refractivity contribution in [2.75, 3.05) is 0 Å². The van der Waals surface area contributed by atoms with Gasteiger partial charge in [0.25, 0.3) is 9.05 Å². The average Bonchev–Trinajstić information content (AvgIpc) is 2.06. The van der Waals surface area contributed by atoms with Gasteiger partial charge in [-0.25, -0.2) is 17.6 Å². The molecular formula is C7H3Cl2FO4S. The molecule has 0 aromatic heterocycles. The van der Waals surface area contributed by atoms with Crippen LogP contribution in [0.2, 0.25) is 5.02 Å². The van der Waals surface area contributed by atoms with Crippen molar-refractivity contribution in [3.05, 3.63) is 28.5 Å². The minimum absolute atomic E-state index is 0.545. The van der Waals surface area contributed by atoms with Crippen molar-refractivity contribution < 1.29 is 22.7 Å². The first-order valence-corrected chi connectivity index (χ1v) is 6.09. The maximum absolute atomic E-state index is 13.0. The normalized spacial score (nSPS) is 11.4. The van der Waals surface area contributed by atoms with Crippen LogP contribution in [0.25, 0.3) is 0 Å². The van der Waals surface area contributed by atoms with Crippen LogP contribution in [0.15, 0.2) is 17.0 Å². The van der Waals surface area contributed by atoms with E-state index in [-0.39, 0.29) is 0 Å². The second-order valence-electron chi connectivity index (χ2n) is 2.51. The van der Waals surface area contributed by atoms with E-state index in [1.807, 2.05) is 0 Å². The summed E-state index contributed by atoms with van der Waals surface area (Å²) in [5.41, 5.74) is -0.545. The summed E-state index contributed by atoms with van der Waals surface area (Å²) in [6.45, 7) is 0. The minimum atomic E-state index is -4.28. The number of carbonyl (C=O) groups is 1. The van der Waals surface area contributed by atoms with Gasteiger partial charge in [-0.05, 0) is 12.1 Å². The molecule has 0 heterocycles. The SMILES string of the molecule is O=C(O)c1cc(F)c(Cl)c(S(=O)(=O)Cl)c1. The van der Waals surface area contributed by atoms with Gasteiger partial charge >= 0.3 is 5.97 Å². The van der Waals surface area contributed by atoms with Crippen LogP contribution in [-0.2, 0) is 9.05 Å². The van der Waals surface area contributed by atoms with Gasteiger partial charge < -0.3 is 5.11 Å². The summed E-state index contributed by atoms with van der Waals surface area (Å²) in [6.07, 6.45) is 0. The Labute approximate surface area is 93.7 Å². The number of rotatable bonds is 2. The lowest BCUT2D eigenvalue weighted by Gasteiger charge is -2.03. The smallest absolute Gasteiger partial charge is 0.335 e. The van der Waals surface area contributed by atoms with E-state index in [1.165, 1.54) is 0 Å². The van der Waals surface area contributed by atoms with Crippen molar-refractivity contribution in [2.24, 2.45) is 0 Å². The van der Waals surface area contributed by atoms with Gasteiger partial charge in [0.2, 0.25) is 0 Å². The fraction of sp³-hybridized carbons (Fsp3) is 0. The number of hydrogen-bond acceptors (Lipinski definition) is 3. The Morgan fingerprint density at radius 2 is 1.93 bits per heavy atom. The lowest BCUT2D eigenvalue weighted by Crippen LogP contribution is -2.02. The largest absolute Gasteiger partial charge is 0.478 e. The molecule has 0 bridgehead atoms. The van der Waals surface area contributed by atoms with Crippen LogP contribution in [0.5, 0.6) is 0 Å². The third-order valence-corrected chi connectivity index (χ3v) is 3.35. The Balaban J connectivity index is 3.59. The molecular weight excluding hydrogens is 270 g/mol. The second-order valence-corrected chi connectivity index (χ2v) is 5.43. The van der Waals surface area contributed by atoms with E-state index in [2.05, 4.69) is 0 Å². The maximum atomic E-state index is 13.0. The van der Waals surface area contributed by atoms with Crippen LogP contribution in [0.4, 0.5) is 4.39 Å². The highest BCUT2D eigenvalue weighted by atomic mass is 35.7. The summed E-state index contributed by atoms with van der Waals surface area (Å²) in [5, 5.41) is 7.82. The predicted molar refractivity (Wildman–Crippen MR) is 51.4 cm³/mol. The van der Waals surface area contributed by atoms with Crippen molar-refractivity contribution in [3.8, 4) is 0 Å². The summed E-state index contributed by atoms with van der Waals surface area (Å²) >= 11 is 5.32. The molecule has 0 spiro atoms. The molecule has 0 radical (unpaired) electrons. The average molecular weight is 273 g/mol. The van der Waals surface area contributed by atoms with E-state index < -0.39 is 36.3 Å². The molecule has 0 saturated heterocycles. The van der Waals surface area contributed by atoms with Gasteiger partial charge in [0.05, 0.1) is 10.6 Å². The zero-order chi connectivity index (χ0) is 11.8. The monoisotopic (exact) mass is 272 g/mol. The van der Waals surface area contributed by atoms with Crippen LogP contribution >= 0.6 is 22.3 Å². The van der Waals surface area contributed by atoms with E-state index >= 15 is 0 Å². The van der Waals surface area contributed by atoms with Gasteiger partial charge in [0, 0.05) is 10.7 Å². The van der Waals surface area contributed by atoms with Crippen LogP contribution in [0, 0.1) is 5.82 Å². The third-order valence-electron chi connectivity index (χ3n) is 1.50. The molecule has 82 valence electrons. The van der Waals surface area contributed by atoms with E-state index in [0.29, 0.717) is 12.1 Å². The van der Waals surface area contributed by atoms with Gasteiger partial charge in [-0.1, -0.05) is 11.6 Å². The Morgan fingerprint density at radius 3 is 2.33 bits per heavy atom. The second kappa shape index (κ2) is 3.96. The van der Waals surface area contributed by atoms with Gasteiger partial charge in [0.15, 0.2) is 0 Å². The van der Waals surface area contributed by atoms with E-state index in [9.17, 15) is 17.6 Å². The number of carboxylic acids is 1. The molecule has 0 atom stereocenters. The van der Waals surface area contributed by atoms with Crippen molar-refractivity contribution in [2.45, 2.75) is 4.90 Å². The Morgan fingerprint density at radius 1 is 1.40 bits per heavy atom. The van der Waals surface area contributed by atoms with Gasteiger partial charge in [-0.3, -0.25) is 0 Å². The fourth-order valence-electron chi connectivity index (χ4n) is 0.865. The molecule has 1 aromatic rings. The molecule has 15 heavy (non-hydrogen) atoms. The topological polar surface area (TPSA) is 71.4 Å². The molecule has 0 amide bonds. The van der Waals surface area contributed by atoms with Gasteiger partial charge in [0.1, 0.15) is 10.7 Å². The van der Waals surface area contributed by atoms with Crippen molar-refractivity contribution >= 4 is 37.3 Å². The molecule has 1 N–H and O–H groups in total. The standard InChI is InChI=1S/C7H3Cl2FO4S/c8-6-4(10)1-3(7(11)12)2-5(6)15(9,13)14/h1-2H,(H,11,12). The molecule has 0 aliphatic heterocycles. The lowest BCUT2D eigenvalue weighted by molar-refractivity contribution is 0.0696. The van der Waals surface area contributed by atoms with Crippen LogP contribution < -0.4 is 0 Å². The van der Waals surface area contributed by atoms with Gasteiger partial charge in [-0.15, -0.1) is 0 Å². The molecule has 0 unspecified atom stereocenters. The van der Waals surface area contributed by atoms with Crippen molar-refractivity contribution in [3.63, 3.8) is 0 Å². The number of halogens is 3. The quantitative estimate of drug-likeness (QED) is 0.837. The van der Waals surface area contributed by atoms with Crippen LogP contribution in [0.1, 0.15) is 10.4 Å². The Bertz CT molecular complexity index is 526. The molecule has 0 aliphatic carbocycles. The highest BCUT2D eigenvalue weighted by molar-refractivity contribution is 8.13. The molecule has 0 saturated carbocycles. The summed E-state index contributed by atoms with van der Waals surface area (Å²) in [4.78, 5) is 9.74. The lowest BCUT2D eigenvalue weighted by atomic mass is 10.2. The number of hydrogen-bond donors (Lipinski definition) is 1. The first-order valence-electron chi connectivity index (χ1n) is 3.40. The van der Waals surface area contributed by atoms with E-state index in [1.54, 1.807) is 0 Å². The first kappa shape index (κ1) is 12.2. The highest BCUT2D eigenvalue weighted by Crippen LogP contribution is 2.28. The third kappa shape index (κ3) is 2.58. The summed E-state index contributed by atoms with van der Waals surface area (Å²) in [7, 11) is 0.666. The van der Waals surface area contributed by atoms with Crippen molar-refractivity contribution in [1.29, 1.82) is 0 Å². The van der Waals surface area contributed by atoms with Crippen molar-refractivity contribution in [1.82, 2.24) is 0 Å². The van der Waals surface area contributed by atoms with E-state index in [0.717, 1.165) is 0 Å². The fourth-order valence-corrected chi connectivity index (χ4v) is 2.34. The molecule has 4 nitrogen and oxygen atoms in total. The molecule has 0 fully saturated rings. The molecule has 1 aromatic carbocycles. The molecule has 0 aliphatic rings. The maximum Gasteiger partial charge on any atom is 0.335 e. The van der Waals surface area contributed by atoms with E-state index in [4.69, 9.17) is 27.4 Å². The van der Waals surface area contributed by atoms with Gasteiger partial charge in [-0.2, -0.15) is 0 Å². The molecule has 1 rings (SSSR count). The number of aromatic carboxylic acids is 1. The Hall–Kier alpha value is -0.850. The summed E-state index contributed by atoms with van der Waals surface area (Å²) < 4.78 is 34.8. The predicted octanol–water partition coefficient (Wildman–Crippen LogP) is 2.10. The summed E-state index contributed by atoms with van der Waals surface area (Å²) in [5.74, 6) is -2.64. The van der Waals surface area contributed by atoms with Crippen LogP contribution in [-0.4, -0.2) is 19.5 Å². The number of benzene rings is 1. The summed E-state index contributed by atoms with van der Waals surface area (Å²) in [6, 6.07) is 1.30. The zero-order valence-corrected chi connectivity index (χ0v) is 9.20. The molecule has 8 heteroatoms. The first-order chi connectivity index (χ1) is 6.73. The number of carboxylic acid groups (broad SMARTS) is 1. The Kier molecular flexibility index (Phi) is 3.22.